The van der Waals surface area contributed by atoms with E-state index in [0.717, 1.165) is 8.66 Å². The number of hydrogen-bond acceptors (Lipinski definition) is 4. The van der Waals surface area contributed by atoms with Gasteiger partial charge in [0.15, 0.2) is 5.60 Å². The molecule has 0 radical (unpaired) electrons. The van der Waals surface area contributed by atoms with E-state index in [1.807, 2.05) is 12.1 Å². The maximum absolute atomic E-state index is 11.8. The summed E-state index contributed by atoms with van der Waals surface area (Å²) >= 11 is 4.78. The van der Waals surface area contributed by atoms with Crippen molar-refractivity contribution in [2.75, 3.05) is 0 Å². The third kappa shape index (κ3) is 1.97. The predicted octanol–water partition coefficient (Wildman–Crippen LogP) is 2.80. The topological polar surface area (TPSA) is 43.4 Å². The molecule has 0 unspecified atom stereocenters. The molecule has 0 saturated carbocycles. The quantitative estimate of drug-likeness (QED) is 0.455. The maximum Gasteiger partial charge on any atom is 0.342 e. The number of esters is 1. The maximum atomic E-state index is 11.8. The van der Waals surface area contributed by atoms with E-state index in [9.17, 15) is 9.59 Å². The van der Waals surface area contributed by atoms with Crippen LogP contribution in [0.5, 0.6) is 0 Å². The largest absolute Gasteiger partial charge is 0.448 e. The normalized spacial score (nSPS) is 21.6. The van der Waals surface area contributed by atoms with Gasteiger partial charge in [-0.2, -0.15) is 0 Å². The number of cyclic esters (lactones) is 1. The van der Waals surface area contributed by atoms with E-state index >= 15 is 0 Å². The average Bonchev–Trinajstić information content (AvgIpc) is 2.65. The van der Waals surface area contributed by atoms with Gasteiger partial charge in [-0.05, 0) is 48.0 Å². The number of rotatable bonds is 1. The molecule has 0 aliphatic carbocycles. The highest BCUT2D eigenvalue weighted by atomic mass is 79.9. The van der Waals surface area contributed by atoms with Gasteiger partial charge in [-0.1, -0.05) is 0 Å². The van der Waals surface area contributed by atoms with Gasteiger partial charge in [0.2, 0.25) is 5.78 Å². The molecule has 3 nitrogen and oxygen atoms in total. The summed E-state index contributed by atoms with van der Waals surface area (Å²) in [5.74, 6) is -0.804. The fourth-order valence-corrected chi connectivity index (χ4v) is 2.79. The van der Waals surface area contributed by atoms with Crippen molar-refractivity contribution in [2.24, 2.45) is 0 Å². The van der Waals surface area contributed by atoms with Crippen molar-refractivity contribution in [1.82, 2.24) is 0 Å². The Labute approximate surface area is 105 Å². The number of Topliss-reactive ketones (excluding diaryl/α,β-unsaturated/α-hetero) is 1. The number of thiophene rings is 1. The lowest BCUT2D eigenvalue weighted by Gasteiger charge is -2.11. The summed E-state index contributed by atoms with van der Waals surface area (Å²) in [4.78, 5) is 24.2. The van der Waals surface area contributed by atoms with Gasteiger partial charge in [-0.25, -0.2) is 4.79 Å². The zero-order valence-corrected chi connectivity index (χ0v) is 11.1. The lowest BCUT2D eigenvalue weighted by molar-refractivity contribution is -0.147. The second-order valence-corrected chi connectivity index (χ2v) is 6.42. The minimum Gasteiger partial charge on any atom is -0.448 e. The summed E-state index contributed by atoms with van der Waals surface area (Å²) in [6.07, 6.45) is 1.58. The third-order valence-electron chi connectivity index (χ3n) is 2.24. The molecule has 1 aromatic rings. The van der Waals surface area contributed by atoms with Gasteiger partial charge in [0, 0.05) is 4.88 Å². The van der Waals surface area contributed by atoms with E-state index in [1.54, 1.807) is 19.9 Å². The predicted molar refractivity (Wildman–Crippen MR) is 65.2 cm³/mol. The molecule has 0 bridgehead atoms. The molecule has 2 rings (SSSR count). The van der Waals surface area contributed by atoms with Crippen LogP contribution in [0.25, 0.3) is 6.08 Å². The number of ketones is 1. The summed E-state index contributed by atoms with van der Waals surface area (Å²) in [6.45, 7) is 3.19. The van der Waals surface area contributed by atoms with Crippen molar-refractivity contribution in [1.29, 1.82) is 0 Å². The zero-order valence-electron chi connectivity index (χ0n) is 8.74. The van der Waals surface area contributed by atoms with Gasteiger partial charge in [0.1, 0.15) is 5.57 Å². The highest BCUT2D eigenvalue weighted by Crippen LogP contribution is 2.30. The number of ether oxygens (including phenoxy) is 1. The van der Waals surface area contributed by atoms with E-state index in [1.165, 1.54) is 11.3 Å². The van der Waals surface area contributed by atoms with E-state index in [2.05, 4.69) is 15.9 Å². The van der Waals surface area contributed by atoms with Crippen LogP contribution in [-0.4, -0.2) is 17.4 Å². The molecule has 0 N–H and O–H groups in total. The van der Waals surface area contributed by atoms with E-state index < -0.39 is 11.6 Å². The van der Waals surface area contributed by atoms with Gasteiger partial charge in [0.25, 0.3) is 0 Å². The molecular weight excluding hydrogens is 292 g/mol. The molecule has 0 aromatic carbocycles. The van der Waals surface area contributed by atoms with Crippen LogP contribution >= 0.6 is 27.3 Å². The lowest BCUT2D eigenvalue weighted by Crippen LogP contribution is -2.27. The number of carbonyl (C=O) groups is 2. The van der Waals surface area contributed by atoms with E-state index in [0.29, 0.717) is 0 Å². The fourth-order valence-electron chi connectivity index (χ4n) is 1.42. The smallest absolute Gasteiger partial charge is 0.342 e. The average molecular weight is 301 g/mol. The Kier molecular flexibility index (Phi) is 2.75. The summed E-state index contributed by atoms with van der Waals surface area (Å²) in [5.41, 5.74) is -0.906. The highest BCUT2D eigenvalue weighted by molar-refractivity contribution is 9.11. The van der Waals surface area contributed by atoms with Crippen LogP contribution in [0.1, 0.15) is 18.7 Å². The molecule has 1 aromatic heterocycles. The van der Waals surface area contributed by atoms with Crippen LogP contribution < -0.4 is 0 Å². The molecule has 0 atom stereocenters. The minimum atomic E-state index is -1.03. The Balaban J connectivity index is 2.38. The van der Waals surface area contributed by atoms with E-state index in [4.69, 9.17) is 4.74 Å². The fraction of sp³-hybridized carbons (Fsp3) is 0.273. The van der Waals surface area contributed by atoms with E-state index in [-0.39, 0.29) is 11.4 Å². The van der Waals surface area contributed by atoms with Crippen molar-refractivity contribution >= 4 is 45.1 Å². The molecule has 84 valence electrons. The van der Waals surface area contributed by atoms with Crippen LogP contribution in [0.2, 0.25) is 0 Å². The summed E-state index contributed by atoms with van der Waals surface area (Å²) in [7, 11) is 0. The lowest BCUT2D eigenvalue weighted by atomic mass is 10.00. The molecule has 0 amide bonds. The van der Waals surface area contributed by atoms with Crippen LogP contribution in [0, 0.1) is 0 Å². The Morgan fingerprint density at radius 1 is 1.38 bits per heavy atom. The second kappa shape index (κ2) is 3.82. The first-order valence-corrected chi connectivity index (χ1v) is 6.26. The summed E-state index contributed by atoms with van der Waals surface area (Å²) in [5, 5.41) is 0. The molecule has 0 spiro atoms. The number of hydrogen-bond donors (Lipinski definition) is 0. The Bertz CT molecular complexity index is 499. The van der Waals surface area contributed by atoms with Crippen LogP contribution in [-0.2, 0) is 14.3 Å². The molecule has 1 fully saturated rings. The molecule has 16 heavy (non-hydrogen) atoms. The Morgan fingerprint density at radius 3 is 2.50 bits per heavy atom. The zero-order chi connectivity index (χ0) is 11.9. The highest BCUT2D eigenvalue weighted by Gasteiger charge is 2.44. The second-order valence-electron chi connectivity index (χ2n) is 3.93. The first kappa shape index (κ1) is 11.5. The summed E-state index contributed by atoms with van der Waals surface area (Å²) in [6, 6.07) is 3.71. The molecular formula is C11H9BrO3S. The first-order valence-electron chi connectivity index (χ1n) is 4.65. The first-order chi connectivity index (χ1) is 7.40. The SMILES string of the molecule is CC1(C)OC(=O)C(=Cc2ccc(Br)s2)C1=O. The van der Waals surface area contributed by atoms with Crippen LogP contribution in [0.3, 0.4) is 0 Å². The van der Waals surface area contributed by atoms with Crippen molar-refractivity contribution in [2.45, 2.75) is 19.4 Å². The van der Waals surface area contributed by atoms with Gasteiger partial charge in [0.05, 0.1) is 3.79 Å². The molecule has 1 aliphatic rings. The van der Waals surface area contributed by atoms with Crippen molar-refractivity contribution in [3.63, 3.8) is 0 Å². The molecule has 2 heterocycles. The van der Waals surface area contributed by atoms with Crippen LogP contribution in [0.4, 0.5) is 0 Å². The summed E-state index contributed by atoms with van der Waals surface area (Å²) < 4.78 is 5.94. The molecule has 5 heteroatoms. The van der Waals surface area contributed by atoms with Gasteiger partial charge < -0.3 is 4.74 Å². The molecule has 1 aliphatic heterocycles. The Hall–Kier alpha value is -0.940. The van der Waals surface area contributed by atoms with Gasteiger partial charge in [-0.3, -0.25) is 4.79 Å². The minimum absolute atomic E-state index is 0.124. The Morgan fingerprint density at radius 2 is 2.06 bits per heavy atom. The standard InChI is InChI=1S/C11H9BrO3S/c1-11(2)9(13)7(10(14)15-11)5-6-3-4-8(12)16-6/h3-5H,1-2H3. The monoisotopic (exact) mass is 300 g/mol. The van der Waals surface area contributed by atoms with Crippen molar-refractivity contribution in [3.05, 3.63) is 26.4 Å². The number of carbonyl (C=O) groups excluding carboxylic acids is 2. The molecule has 1 saturated heterocycles. The third-order valence-corrected chi connectivity index (χ3v) is 3.81. The number of halogens is 1. The van der Waals surface area contributed by atoms with Gasteiger partial charge in [-0.15, -0.1) is 11.3 Å². The van der Waals surface area contributed by atoms with Crippen molar-refractivity contribution in [3.8, 4) is 0 Å². The van der Waals surface area contributed by atoms with Crippen molar-refractivity contribution < 1.29 is 14.3 Å². The van der Waals surface area contributed by atoms with Gasteiger partial charge >= 0.3 is 5.97 Å². The van der Waals surface area contributed by atoms with Crippen LogP contribution in [0.15, 0.2) is 21.5 Å².